The predicted molar refractivity (Wildman–Crippen MR) is 144 cm³/mol. The van der Waals surface area contributed by atoms with Crippen LogP contribution >= 0.6 is 0 Å². The Bertz CT molecular complexity index is 1250. The molecule has 2 unspecified atom stereocenters. The summed E-state index contributed by atoms with van der Waals surface area (Å²) in [4.78, 5) is 24.8. The standard InChI is InChI=1S/C29H39N5O/c1-7-19(3)21(5)16-33-17-24(13-25(22(33)6)20(4)8-2)26-14-29(35)34-18-27(31-15-28(34)32-26)23-9-11-30-12-10-23/h13-20,23,30H,6-12H2,1-5H3/b21-16-. The van der Waals surface area contributed by atoms with Crippen molar-refractivity contribution in [3.63, 3.8) is 0 Å². The van der Waals surface area contributed by atoms with Crippen LogP contribution in [0, 0.1) is 11.8 Å². The maximum atomic E-state index is 13.2. The fourth-order valence-electron chi connectivity index (χ4n) is 4.74. The Balaban J connectivity index is 1.76. The van der Waals surface area contributed by atoms with E-state index < -0.39 is 0 Å². The molecule has 4 rings (SSSR count). The number of hydrogen-bond donors (Lipinski definition) is 1. The van der Waals surface area contributed by atoms with Crippen molar-refractivity contribution in [1.82, 2.24) is 24.6 Å². The Hall–Kier alpha value is -2.99. The Morgan fingerprint density at radius 3 is 2.69 bits per heavy atom. The van der Waals surface area contributed by atoms with Crippen molar-refractivity contribution < 1.29 is 0 Å². The van der Waals surface area contributed by atoms with Gasteiger partial charge in [0.2, 0.25) is 0 Å². The molecule has 0 aromatic carbocycles. The first-order chi connectivity index (χ1) is 16.8. The van der Waals surface area contributed by atoms with Crippen LogP contribution in [0.1, 0.15) is 77.6 Å². The molecule has 0 bridgehead atoms. The number of fused-ring (bicyclic) bond motifs is 1. The van der Waals surface area contributed by atoms with Gasteiger partial charge < -0.3 is 10.2 Å². The smallest absolute Gasteiger partial charge is 0.258 e. The van der Waals surface area contributed by atoms with Gasteiger partial charge in [0, 0.05) is 41.9 Å². The van der Waals surface area contributed by atoms with Gasteiger partial charge in [-0.15, -0.1) is 0 Å². The quantitative estimate of drug-likeness (QED) is 0.563. The lowest BCUT2D eigenvalue weighted by molar-refractivity contribution is 0.452. The molecule has 2 aliphatic heterocycles. The van der Waals surface area contributed by atoms with Crippen LogP contribution in [-0.4, -0.2) is 32.4 Å². The third kappa shape index (κ3) is 5.32. The van der Waals surface area contributed by atoms with Crippen molar-refractivity contribution in [3.8, 4) is 0 Å². The summed E-state index contributed by atoms with van der Waals surface area (Å²) in [5, 5.41) is 3.39. The Morgan fingerprint density at radius 2 is 2.00 bits per heavy atom. The van der Waals surface area contributed by atoms with E-state index in [9.17, 15) is 4.79 Å². The molecule has 1 fully saturated rings. The lowest BCUT2D eigenvalue weighted by atomic mass is 9.90. The lowest BCUT2D eigenvalue weighted by Crippen LogP contribution is -2.27. The van der Waals surface area contributed by atoms with Gasteiger partial charge >= 0.3 is 0 Å². The molecule has 4 heterocycles. The minimum Gasteiger partial charge on any atom is -0.324 e. The highest BCUT2D eigenvalue weighted by molar-refractivity contribution is 5.76. The highest BCUT2D eigenvalue weighted by Crippen LogP contribution is 2.34. The van der Waals surface area contributed by atoms with Crippen LogP contribution in [0.5, 0.6) is 0 Å². The minimum atomic E-state index is -0.0794. The monoisotopic (exact) mass is 473 g/mol. The first-order valence-electron chi connectivity index (χ1n) is 13.0. The van der Waals surface area contributed by atoms with Crippen LogP contribution in [0.15, 0.2) is 65.2 Å². The number of rotatable bonds is 7. The Morgan fingerprint density at radius 1 is 1.26 bits per heavy atom. The number of nitrogens with one attached hydrogen (secondary N) is 1. The molecular weight excluding hydrogens is 434 g/mol. The van der Waals surface area contributed by atoms with Gasteiger partial charge in [-0.05, 0) is 69.2 Å². The maximum Gasteiger partial charge on any atom is 0.258 e. The van der Waals surface area contributed by atoms with Gasteiger partial charge in [0.15, 0.2) is 5.65 Å². The van der Waals surface area contributed by atoms with Gasteiger partial charge in [0.05, 0.1) is 17.6 Å². The molecule has 186 valence electrons. The van der Waals surface area contributed by atoms with Crippen molar-refractivity contribution in [2.24, 2.45) is 11.8 Å². The lowest BCUT2D eigenvalue weighted by Gasteiger charge is -2.30. The summed E-state index contributed by atoms with van der Waals surface area (Å²) < 4.78 is 1.64. The molecule has 2 aliphatic rings. The van der Waals surface area contributed by atoms with Gasteiger partial charge in [-0.3, -0.25) is 14.2 Å². The average Bonchev–Trinajstić information content (AvgIpc) is 2.89. The van der Waals surface area contributed by atoms with Crippen molar-refractivity contribution in [3.05, 3.63) is 82.1 Å². The summed E-state index contributed by atoms with van der Waals surface area (Å²) in [5.74, 6) is 1.22. The predicted octanol–water partition coefficient (Wildman–Crippen LogP) is 5.65. The summed E-state index contributed by atoms with van der Waals surface area (Å²) in [5.41, 5.74) is 6.52. The summed E-state index contributed by atoms with van der Waals surface area (Å²) in [7, 11) is 0. The molecule has 6 nitrogen and oxygen atoms in total. The number of allylic oxidation sites excluding steroid dienone is 4. The fourth-order valence-corrected chi connectivity index (χ4v) is 4.74. The van der Waals surface area contributed by atoms with Crippen molar-refractivity contribution >= 4 is 11.2 Å². The van der Waals surface area contributed by atoms with Gasteiger partial charge in [-0.2, -0.15) is 0 Å². The molecular formula is C29H39N5O. The van der Waals surface area contributed by atoms with E-state index in [1.807, 2.05) is 6.20 Å². The van der Waals surface area contributed by atoms with E-state index in [2.05, 4.69) is 69.9 Å². The largest absolute Gasteiger partial charge is 0.324 e. The Kier molecular flexibility index (Phi) is 7.70. The van der Waals surface area contributed by atoms with E-state index in [1.165, 1.54) is 11.1 Å². The molecule has 35 heavy (non-hydrogen) atoms. The first-order valence-corrected chi connectivity index (χ1v) is 13.0. The van der Waals surface area contributed by atoms with Gasteiger partial charge in [0.1, 0.15) is 0 Å². The normalized spacial score (nSPS) is 19.5. The van der Waals surface area contributed by atoms with Crippen LogP contribution in [0.25, 0.3) is 11.2 Å². The van der Waals surface area contributed by atoms with Crippen LogP contribution in [0.2, 0.25) is 0 Å². The van der Waals surface area contributed by atoms with Gasteiger partial charge in [-0.1, -0.05) is 39.8 Å². The average molecular weight is 474 g/mol. The van der Waals surface area contributed by atoms with Gasteiger partial charge in [0.25, 0.3) is 5.56 Å². The van der Waals surface area contributed by atoms with Crippen LogP contribution in [0.3, 0.4) is 0 Å². The molecule has 2 atom stereocenters. The summed E-state index contributed by atoms with van der Waals surface area (Å²) in [6.07, 6.45) is 14.2. The molecule has 0 amide bonds. The molecule has 1 saturated heterocycles. The fraction of sp³-hybridized carbons (Fsp3) is 0.483. The van der Waals surface area contributed by atoms with Gasteiger partial charge in [-0.25, -0.2) is 4.98 Å². The number of aromatic nitrogens is 3. The topological polar surface area (TPSA) is 62.5 Å². The van der Waals surface area contributed by atoms with E-state index in [0.717, 1.165) is 55.7 Å². The number of nitrogens with zero attached hydrogens (tertiary/aromatic N) is 4. The molecule has 2 aromatic rings. The molecule has 0 radical (unpaired) electrons. The number of hydrogen-bond acceptors (Lipinski definition) is 5. The summed E-state index contributed by atoms with van der Waals surface area (Å²) in [6, 6.07) is 1.65. The second kappa shape index (κ2) is 10.7. The first kappa shape index (κ1) is 25.1. The SMILES string of the molecule is C=C1C(C(C)CC)=CC(c2cc(=O)n3cc(C4CCNCC4)ncc3n2)=CN1/C=C(/C)C(C)CC. The zero-order chi connectivity index (χ0) is 25.1. The maximum absolute atomic E-state index is 13.2. The zero-order valence-electron chi connectivity index (χ0n) is 21.8. The zero-order valence-corrected chi connectivity index (χ0v) is 21.8. The van der Waals surface area contributed by atoms with Crippen molar-refractivity contribution in [1.29, 1.82) is 0 Å². The second-order valence-corrected chi connectivity index (χ2v) is 10.1. The number of piperidine rings is 1. The molecule has 1 N–H and O–H groups in total. The molecule has 0 saturated carbocycles. The van der Waals surface area contributed by atoms with Crippen LogP contribution < -0.4 is 10.9 Å². The second-order valence-electron chi connectivity index (χ2n) is 10.1. The van der Waals surface area contributed by atoms with Crippen molar-refractivity contribution in [2.45, 2.75) is 66.2 Å². The summed E-state index contributed by atoms with van der Waals surface area (Å²) in [6.45, 7) is 17.4. The molecule has 0 spiro atoms. The molecule has 6 heteroatoms. The molecule has 2 aromatic heterocycles. The third-order valence-corrected chi connectivity index (χ3v) is 7.73. The Labute approximate surface area is 209 Å². The highest BCUT2D eigenvalue weighted by Gasteiger charge is 2.22. The third-order valence-electron chi connectivity index (χ3n) is 7.73. The van der Waals surface area contributed by atoms with Crippen LogP contribution in [-0.2, 0) is 0 Å². The van der Waals surface area contributed by atoms with E-state index in [1.54, 1.807) is 16.7 Å². The van der Waals surface area contributed by atoms with E-state index in [4.69, 9.17) is 9.97 Å². The van der Waals surface area contributed by atoms with E-state index >= 15 is 0 Å². The van der Waals surface area contributed by atoms with E-state index in [0.29, 0.717) is 29.1 Å². The van der Waals surface area contributed by atoms with Crippen molar-refractivity contribution in [2.75, 3.05) is 13.1 Å². The summed E-state index contributed by atoms with van der Waals surface area (Å²) >= 11 is 0. The minimum absolute atomic E-state index is 0.0794. The van der Waals surface area contributed by atoms with Crippen LogP contribution in [0.4, 0.5) is 0 Å². The highest BCUT2D eigenvalue weighted by atomic mass is 16.1. The molecule has 0 aliphatic carbocycles. The van der Waals surface area contributed by atoms with E-state index in [-0.39, 0.29) is 5.56 Å².